The van der Waals surface area contributed by atoms with Crippen LogP contribution in [0.2, 0.25) is 0 Å². The zero-order valence-corrected chi connectivity index (χ0v) is 9.66. The van der Waals surface area contributed by atoms with Crippen molar-refractivity contribution in [1.29, 1.82) is 0 Å². The van der Waals surface area contributed by atoms with E-state index in [2.05, 4.69) is 5.16 Å². The van der Waals surface area contributed by atoms with Crippen molar-refractivity contribution in [2.75, 3.05) is 0 Å². The van der Waals surface area contributed by atoms with Crippen LogP contribution < -0.4 is 0 Å². The van der Waals surface area contributed by atoms with E-state index in [0.29, 0.717) is 0 Å². The summed E-state index contributed by atoms with van der Waals surface area (Å²) in [6, 6.07) is 9.41. The smallest absolute Gasteiger partial charge is 0.159 e. The number of aromatic nitrogens is 1. The fraction of sp³-hybridized carbons (Fsp3) is 0.167. The van der Waals surface area contributed by atoms with Crippen molar-refractivity contribution in [2.45, 2.75) is 17.6 Å². The summed E-state index contributed by atoms with van der Waals surface area (Å²) in [7, 11) is 0. The Balaban J connectivity index is 1.98. The maximum absolute atomic E-state index is 11.1. The minimum atomic E-state index is 0.0896. The van der Waals surface area contributed by atoms with Gasteiger partial charge in [0.25, 0.3) is 0 Å². The van der Waals surface area contributed by atoms with E-state index in [1.165, 1.54) is 0 Å². The van der Waals surface area contributed by atoms with Crippen molar-refractivity contribution in [1.82, 2.24) is 5.16 Å². The van der Waals surface area contributed by atoms with E-state index in [-0.39, 0.29) is 5.78 Å². The summed E-state index contributed by atoms with van der Waals surface area (Å²) >= 11 is 1.65. The number of Topliss-reactive ketones (excluding diaryl/α,β-unsaturated/α-hetero) is 1. The highest BCUT2D eigenvalue weighted by molar-refractivity contribution is 7.98. The minimum absolute atomic E-state index is 0.0896. The molecule has 16 heavy (non-hydrogen) atoms. The number of hydrogen-bond acceptors (Lipinski definition) is 4. The highest BCUT2D eigenvalue weighted by atomic mass is 32.2. The summed E-state index contributed by atoms with van der Waals surface area (Å²) in [5.74, 6) is 1.69. The number of nitrogens with zero attached hydrogens (tertiary/aromatic N) is 1. The molecule has 0 N–H and O–H groups in total. The van der Waals surface area contributed by atoms with Crippen molar-refractivity contribution < 1.29 is 9.32 Å². The first-order valence-electron chi connectivity index (χ1n) is 4.89. The second-order valence-corrected chi connectivity index (χ2v) is 4.40. The molecular weight excluding hydrogens is 222 g/mol. The molecule has 82 valence electrons. The number of hydrogen-bond donors (Lipinski definition) is 0. The molecule has 1 aromatic heterocycles. The molecule has 0 saturated carbocycles. The van der Waals surface area contributed by atoms with Gasteiger partial charge in [0.15, 0.2) is 5.78 Å². The average Bonchev–Trinajstić information content (AvgIpc) is 2.80. The number of carbonyl (C=O) groups excluding carboxylic acids is 1. The van der Waals surface area contributed by atoms with Crippen molar-refractivity contribution in [3.05, 3.63) is 47.9 Å². The van der Waals surface area contributed by atoms with Crippen molar-refractivity contribution in [3.8, 4) is 0 Å². The van der Waals surface area contributed by atoms with Crippen LogP contribution in [0, 0.1) is 0 Å². The van der Waals surface area contributed by atoms with E-state index < -0.39 is 0 Å². The second-order valence-electron chi connectivity index (χ2n) is 3.35. The van der Waals surface area contributed by atoms with Gasteiger partial charge in [-0.1, -0.05) is 17.3 Å². The number of rotatable bonds is 4. The molecule has 2 aromatic rings. The summed E-state index contributed by atoms with van der Waals surface area (Å²) in [6.45, 7) is 1.57. The zero-order chi connectivity index (χ0) is 11.4. The predicted octanol–water partition coefficient (Wildman–Crippen LogP) is 3.17. The predicted molar refractivity (Wildman–Crippen MR) is 62.5 cm³/mol. The van der Waals surface area contributed by atoms with Gasteiger partial charge in [-0.2, -0.15) is 0 Å². The Bertz CT molecular complexity index is 462. The molecule has 0 spiro atoms. The van der Waals surface area contributed by atoms with E-state index in [1.807, 2.05) is 30.3 Å². The van der Waals surface area contributed by atoms with Crippen LogP contribution in [-0.2, 0) is 5.75 Å². The van der Waals surface area contributed by atoms with Gasteiger partial charge in [0.1, 0.15) is 5.76 Å². The van der Waals surface area contributed by atoms with Crippen LogP contribution in [0.3, 0.4) is 0 Å². The molecule has 2 rings (SSSR count). The molecule has 0 amide bonds. The molecular formula is C12H11NO2S. The van der Waals surface area contributed by atoms with Gasteiger partial charge >= 0.3 is 0 Å². The number of ketones is 1. The standard InChI is InChI=1S/C12H11NO2S/c1-9(14)10-2-4-12(5-3-10)16-8-11-6-7-13-15-11/h2-7H,8H2,1H3. The highest BCUT2D eigenvalue weighted by Gasteiger charge is 2.01. The number of carbonyl (C=O) groups is 1. The molecule has 0 radical (unpaired) electrons. The first-order valence-corrected chi connectivity index (χ1v) is 5.87. The first kappa shape index (κ1) is 11.0. The molecule has 1 heterocycles. The molecule has 0 bridgehead atoms. The van der Waals surface area contributed by atoms with E-state index >= 15 is 0 Å². The monoisotopic (exact) mass is 233 g/mol. The topological polar surface area (TPSA) is 43.1 Å². The summed E-state index contributed by atoms with van der Waals surface area (Å²) in [4.78, 5) is 12.2. The largest absolute Gasteiger partial charge is 0.361 e. The van der Waals surface area contributed by atoms with Gasteiger partial charge in [-0.3, -0.25) is 4.79 Å². The van der Waals surface area contributed by atoms with Gasteiger partial charge < -0.3 is 4.52 Å². The Morgan fingerprint density at radius 2 is 2.06 bits per heavy atom. The number of benzene rings is 1. The molecule has 0 fully saturated rings. The third kappa shape index (κ3) is 2.73. The fourth-order valence-corrected chi connectivity index (χ4v) is 2.04. The second kappa shape index (κ2) is 4.99. The molecule has 0 aliphatic rings. The lowest BCUT2D eigenvalue weighted by Crippen LogP contribution is -1.90. The Labute approximate surface area is 97.8 Å². The fourth-order valence-electron chi connectivity index (χ4n) is 1.26. The van der Waals surface area contributed by atoms with Gasteiger partial charge in [0.05, 0.1) is 11.9 Å². The van der Waals surface area contributed by atoms with Crippen LogP contribution in [0.25, 0.3) is 0 Å². The normalized spacial score (nSPS) is 10.3. The van der Waals surface area contributed by atoms with E-state index in [0.717, 1.165) is 22.0 Å². The van der Waals surface area contributed by atoms with E-state index in [1.54, 1.807) is 24.9 Å². The molecule has 4 heteroatoms. The Hall–Kier alpha value is -1.55. The van der Waals surface area contributed by atoms with Gasteiger partial charge in [-0.15, -0.1) is 11.8 Å². The van der Waals surface area contributed by atoms with Crippen LogP contribution in [0.1, 0.15) is 23.0 Å². The van der Waals surface area contributed by atoms with E-state index in [9.17, 15) is 4.79 Å². The third-order valence-corrected chi connectivity index (χ3v) is 3.17. The van der Waals surface area contributed by atoms with Gasteiger partial charge in [-0.05, 0) is 19.1 Å². The zero-order valence-electron chi connectivity index (χ0n) is 8.84. The maximum atomic E-state index is 11.1. The highest BCUT2D eigenvalue weighted by Crippen LogP contribution is 2.22. The molecule has 1 aromatic carbocycles. The average molecular weight is 233 g/mol. The molecule has 0 aliphatic carbocycles. The van der Waals surface area contributed by atoms with Gasteiger partial charge in [0.2, 0.25) is 0 Å². The van der Waals surface area contributed by atoms with Crippen LogP contribution in [0.4, 0.5) is 0 Å². The van der Waals surface area contributed by atoms with Crippen LogP contribution in [-0.4, -0.2) is 10.9 Å². The lowest BCUT2D eigenvalue weighted by atomic mass is 10.2. The lowest BCUT2D eigenvalue weighted by molar-refractivity contribution is 0.101. The Morgan fingerprint density at radius 3 is 2.62 bits per heavy atom. The lowest BCUT2D eigenvalue weighted by Gasteiger charge is -2.00. The molecule has 0 aliphatic heterocycles. The summed E-state index contributed by atoms with van der Waals surface area (Å²) < 4.78 is 4.99. The minimum Gasteiger partial charge on any atom is -0.361 e. The van der Waals surface area contributed by atoms with Crippen molar-refractivity contribution >= 4 is 17.5 Å². The van der Waals surface area contributed by atoms with Gasteiger partial charge in [0, 0.05) is 16.5 Å². The summed E-state index contributed by atoms with van der Waals surface area (Å²) in [5, 5.41) is 3.64. The number of thioether (sulfide) groups is 1. The summed E-state index contributed by atoms with van der Waals surface area (Å²) in [5.41, 5.74) is 0.740. The summed E-state index contributed by atoms with van der Waals surface area (Å²) in [6.07, 6.45) is 1.63. The van der Waals surface area contributed by atoms with Crippen molar-refractivity contribution in [3.63, 3.8) is 0 Å². The van der Waals surface area contributed by atoms with Crippen molar-refractivity contribution in [2.24, 2.45) is 0 Å². The van der Waals surface area contributed by atoms with Crippen LogP contribution in [0.15, 0.2) is 45.9 Å². The van der Waals surface area contributed by atoms with E-state index in [4.69, 9.17) is 4.52 Å². The molecule has 0 saturated heterocycles. The maximum Gasteiger partial charge on any atom is 0.159 e. The Morgan fingerprint density at radius 1 is 1.31 bits per heavy atom. The van der Waals surface area contributed by atoms with Gasteiger partial charge in [-0.25, -0.2) is 0 Å². The van der Waals surface area contributed by atoms with Crippen LogP contribution >= 0.6 is 11.8 Å². The molecule has 3 nitrogen and oxygen atoms in total. The molecule has 0 unspecified atom stereocenters. The third-order valence-electron chi connectivity index (χ3n) is 2.13. The first-order chi connectivity index (χ1) is 7.75. The Kier molecular flexibility index (Phi) is 3.41. The SMILES string of the molecule is CC(=O)c1ccc(SCc2ccno2)cc1. The van der Waals surface area contributed by atoms with Crippen LogP contribution in [0.5, 0.6) is 0 Å². The molecule has 0 atom stereocenters. The quantitative estimate of drug-likeness (QED) is 0.601.